The lowest BCUT2D eigenvalue weighted by atomic mass is 10.0. The van der Waals surface area contributed by atoms with Gasteiger partial charge in [-0.25, -0.2) is 8.78 Å². The highest BCUT2D eigenvalue weighted by Crippen LogP contribution is 2.37. The Labute approximate surface area is 123 Å². The fourth-order valence-corrected chi connectivity index (χ4v) is 3.19. The molecule has 0 aliphatic heterocycles. The van der Waals surface area contributed by atoms with Crippen molar-refractivity contribution in [2.24, 2.45) is 0 Å². The van der Waals surface area contributed by atoms with E-state index in [0.29, 0.717) is 15.6 Å². The van der Waals surface area contributed by atoms with Crippen molar-refractivity contribution < 1.29 is 18.7 Å². The topological polar surface area (TPSA) is 37.3 Å². The quantitative estimate of drug-likeness (QED) is 0.732. The lowest BCUT2D eigenvalue weighted by Gasteiger charge is -2.02. The van der Waals surface area contributed by atoms with Crippen LogP contribution in [0.15, 0.2) is 42.5 Å². The number of aromatic hydroxyl groups is 1. The molecule has 0 unspecified atom stereocenters. The summed E-state index contributed by atoms with van der Waals surface area (Å²) in [5.74, 6) is -1.07. The van der Waals surface area contributed by atoms with Gasteiger partial charge >= 0.3 is 0 Å². The maximum atomic E-state index is 13.2. The maximum absolute atomic E-state index is 13.2. The second-order valence-corrected chi connectivity index (χ2v) is 5.68. The Kier molecular flexibility index (Phi) is 3.43. The third-order valence-electron chi connectivity index (χ3n) is 3.19. The van der Waals surface area contributed by atoms with E-state index >= 15 is 0 Å². The number of carbonyl (C=O) groups is 1. The molecule has 0 saturated heterocycles. The van der Waals surface area contributed by atoms with Crippen LogP contribution in [0.25, 0.3) is 10.1 Å². The van der Waals surface area contributed by atoms with Crippen LogP contribution < -0.4 is 0 Å². The third kappa shape index (κ3) is 2.64. The number of thiophene rings is 1. The average molecular weight is 304 g/mol. The van der Waals surface area contributed by atoms with Crippen molar-refractivity contribution in [1.82, 2.24) is 0 Å². The summed E-state index contributed by atoms with van der Waals surface area (Å²) in [6, 6.07) is 9.64. The van der Waals surface area contributed by atoms with E-state index in [0.717, 1.165) is 11.3 Å². The molecule has 0 amide bonds. The van der Waals surface area contributed by atoms with Crippen LogP contribution in [-0.4, -0.2) is 10.9 Å². The smallest absolute Gasteiger partial charge is 0.183 e. The Morgan fingerprint density at radius 3 is 2.43 bits per heavy atom. The molecule has 0 radical (unpaired) electrons. The number of Topliss-reactive ketones (excluding diaryl/α,β-unsaturated/α-hetero) is 1. The number of hydrogen-bond acceptors (Lipinski definition) is 3. The first-order valence-corrected chi connectivity index (χ1v) is 7.05. The summed E-state index contributed by atoms with van der Waals surface area (Å²) in [7, 11) is 0. The van der Waals surface area contributed by atoms with Crippen LogP contribution in [0, 0.1) is 11.6 Å². The average Bonchev–Trinajstić information content (AvgIpc) is 2.76. The lowest BCUT2D eigenvalue weighted by molar-refractivity contribution is 0.0992. The molecule has 1 heterocycles. The van der Waals surface area contributed by atoms with Crippen molar-refractivity contribution in [2.45, 2.75) is 6.42 Å². The van der Waals surface area contributed by atoms with Crippen LogP contribution in [0.1, 0.15) is 15.9 Å². The summed E-state index contributed by atoms with van der Waals surface area (Å²) in [6.45, 7) is 0. The fraction of sp³-hybridized carbons (Fsp3) is 0.0625. The molecule has 0 saturated carbocycles. The van der Waals surface area contributed by atoms with E-state index in [4.69, 9.17) is 0 Å². The van der Waals surface area contributed by atoms with Gasteiger partial charge in [0.05, 0.1) is 5.56 Å². The van der Waals surface area contributed by atoms with E-state index in [2.05, 4.69) is 0 Å². The van der Waals surface area contributed by atoms with Crippen LogP contribution in [0.3, 0.4) is 0 Å². The number of halogens is 2. The van der Waals surface area contributed by atoms with E-state index < -0.39 is 5.82 Å². The molecule has 5 heteroatoms. The van der Waals surface area contributed by atoms with Crippen molar-refractivity contribution in [3.05, 3.63) is 65.2 Å². The molecule has 2 nitrogen and oxygen atoms in total. The largest absolute Gasteiger partial charge is 0.499 e. The standard InChI is InChI=1S/C16H10F2O2S/c17-10-3-1-9(2-4-10)7-13(19)15-12-6-5-11(18)8-14(12)21-16(15)20/h1-6,8,20H,7H2. The molecule has 1 aromatic heterocycles. The highest BCUT2D eigenvalue weighted by atomic mass is 32.1. The fourth-order valence-electron chi connectivity index (χ4n) is 2.20. The summed E-state index contributed by atoms with van der Waals surface area (Å²) in [5, 5.41) is 10.3. The molecule has 0 atom stereocenters. The van der Waals surface area contributed by atoms with Gasteiger partial charge in [0.25, 0.3) is 0 Å². The van der Waals surface area contributed by atoms with Gasteiger partial charge in [-0.1, -0.05) is 23.5 Å². The van der Waals surface area contributed by atoms with E-state index in [9.17, 15) is 18.7 Å². The summed E-state index contributed by atoms with van der Waals surface area (Å²) < 4.78 is 26.5. The van der Waals surface area contributed by atoms with Gasteiger partial charge in [-0.2, -0.15) is 0 Å². The Bertz CT molecular complexity index is 822. The first-order chi connectivity index (χ1) is 10.0. The molecule has 106 valence electrons. The van der Waals surface area contributed by atoms with Gasteiger partial charge in [-0.3, -0.25) is 4.79 Å². The van der Waals surface area contributed by atoms with Crippen LogP contribution in [0.4, 0.5) is 8.78 Å². The van der Waals surface area contributed by atoms with Gasteiger partial charge < -0.3 is 5.11 Å². The zero-order valence-electron chi connectivity index (χ0n) is 10.8. The predicted octanol–water partition coefficient (Wildman–Crippen LogP) is 4.31. The van der Waals surface area contributed by atoms with E-state index in [1.165, 1.54) is 42.5 Å². The van der Waals surface area contributed by atoms with Crippen molar-refractivity contribution in [3.8, 4) is 5.06 Å². The molecule has 21 heavy (non-hydrogen) atoms. The number of carbonyl (C=O) groups excluding carboxylic acids is 1. The van der Waals surface area contributed by atoms with Gasteiger partial charge in [0.2, 0.25) is 0 Å². The molecule has 0 spiro atoms. The highest BCUT2D eigenvalue weighted by molar-refractivity contribution is 7.21. The third-order valence-corrected chi connectivity index (χ3v) is 4.15. The zero-order valence-corrected chi connectivity index (χ0v) is 11.6. The summed E-state index contributed by atoms with van der Waals surface area (Å²) >= 11 is 0.969. The maximum Gasteiger partial charge on any atom is 0.183 e. The number of hydrogen-bond donors (Lipinski definition) is 1. The summed E-state index contributed by atoms with van der Waals surface area (Å²) in [5.41, 5.74) is 0.849. The van der Waals surface area contributed by atoms with Crippen LogP contribution >= 0.6 is 11.3 Å². The Morgan fingerprint density at radius 1 is 1.05 bits per heavy atom. The minimum absolute atomic E-state index is 0.0526. The second-order valence-electron chi connectivity index (χ2n) is 4.65. The number of rotatable bonds is 3. The highest BCUT2D eigenvalue weighted by Gasteiger charge is 2.19. The Balaban J connectivity index is 1.97. The molecule has 2 aromatic carbocycles. The molecule has 3 aromatic rings. The van der Waals surface area contributed by atoms with Gasteiger partial charge in [0.1, 0.15) is 11.6 Å². The zero-order chi connectivity index (χ0) is 15.0. The number of fused-ring (bicyclic) bond motifs is 1. The van der Waals surface area contributed by atoms with Crippen molar-refractivity contribution >= 4 is 27.2 Å². The Hall–Kier alpha value is -2.27. The minimum atomic E-state index is -0.415. The first kappa shape index (κ1) is 13.7. The van der Waals surface area contributed by atoms with Gasteiger partial charge in [-0.15, -0.1) is 0 Å². The molecule has 0 aliphatic carbocycles. The van der Waals surface area contributed by atoms with E-state index in [1.807, 2.05) is 0 Å². The van der Waals surface area contributed by atoms with Crippen molar-refractivity contribution in [1.29, 1.82) is 0 Å². The van der Waals surface area contributed by atoms with Crippen LogP contribution in [0.5, 0.6) is 5.06 Å². The van der Waals surface area contributed by atoms with Gasteiger partial charge in [0.15, 0.2) is 10.8 Å². The van der Waals surface area contributed by atoms with Gasteiger partial charge in [-0.05, 0) is 35.9 Å². The predicted molar refractivity (Wildman–Crippen MR) is 77.9 cm³/mol. The molecular formula is C16H10F2O2S. The molecule has 0 bridgehead atoms. The SMILES string of the molecule is O=C(Cc1ccc(F)cc1)c1c(O)sc2cc(F)ccc12. The summed E-state index contributed by atoms with van der Waals surface area (Å²) in [6.07, 6.45) is 0.0526. The molecule has 3 rings (SSSR count). The Morgan fingerprint density at radius 2 is 1.71 bits per heavy atom. The summed E-state index contributed by atoms with van der Waals surface area (Å²) in [4.78, 5) is 12.3. The number of ketones is 1. The molecule has 1 N–H and O–H groups in total. The number of benzene rings is 2. The second kappa shape index (κ2) is 5.26. The van der Waals surface area contributed by atoms with E-state index in [1.54, 1.807) is 0 Å². The van der Waals surface area contributed by atoms with Crippen LogP contribution in [-0.2, 0) is 6.42 Å². The van der Waals surface area contributed by atoms with E-state index in [-0.39, 0.29) is 28.6 Å². The molecule has 0 aliphatic rings. The van der Waals surface area contributed by atoms with Gasteiger partial charge in [0, 0.05) is 16.5 Å². The van der Waals surface area contributed by atoms with Crippen molar-refractivity contribution in [2.75, 3.05) is 0 Å². The lowest BCUT2D eigenvalue weighted by Crippen LogP contribution is -2.03. The normalized spacial score (nSPS) is 11.0. The molecular weight excluding hydrogens is 294 g/mol. The molecule has 0 fully saturated rings. The van der Waals surface area contributed by atoms with Crippen molar-refractivity contribution in [3.63, 3.8) is 0 Å². The van der Waals surface area contributed by atoms with Crippen LogP contribution in [0.2, 0.25) is 0 Å². The monoisotopic (exact) mass is 304 g/mol. The minimum Gasteiger partial charge on any atom is -0.499 e. The first-order valence-electron chi connectivity index (χ1n) is 6.23.